The molecule has 1 unspecified atom stereocenters. The van der Waals surface area contributed by atoms with Gasteiger partial charge in [-0.15, -0.1) is 0 Å². The van der Waals surface area contributed by atoms with E-state index in [-0.39, 0.29) is 12.1 Å². The number of amides is 2. The van der Waals surface area contributed by atoms with Crippen LogP contribution in [0, 0.1) is 0 Å². The lowest BCUT2D eigenvalue weighted by Crippen LogP contribution is -2.21. The van der Waals surface area contributed by atoms with Gasteiger partial charge in [-0.3, -0.25) is 0 Å². The van der Waals surface area contributed by atoms with E-state index < -0.39 is 0 Å². The summed E-state index contributed by atoms with van der Waals surface area (Å²) in [6.07, 6.45) is 0. The van der Waals surface area contributed by atoms with Crippen LogP contribution in [0.3, 0.4) is 0 Å². The molecule has 2 amide bonds. The minimum absolute atomic E-state index is 0.00712. The zero-order valence-electron chi connectivity index (χ0n) is 9.24. The first-order chi connectivity index (χ1) is 7.74. The minimum Gasteiger partial charge on any atom is -0.493 e. The van der Waals surface area contributed by atoms with Crippen LogP contribution < -0.4 is 20.1 Å². The summed E-state index contributed by atoms with van der Waals surface area (Å²) in [5, 5.41) is 5.52. The topological polar surface area (TPSA) is 59.6 Å². The number of nitrogens with one attached hydrogen (secondary N) is 2. The van der Waals surface area contributed by atoms with Crippen molar-refractivity contribution in [3.05, 3.63) is 23.8 Å². The van der Waals surface area contributed by atoms with Crippen LogP contribution in [-0.4, -0.2) is 26.8 Å². The van der Waals surface area contributed by atoms with Gasteiger partial charge in [0.15, 0.2) is 11.5 Å². The van der Waals surface area contributed by atoms with E-state index in [4.69, 9.17) is 9.47 Å². The van der Waals surface area contributed by atoms with Gasteiger partial charge in [0.1, 0.15) is 0 Å². The Morgan fingerprint density at radius 1 is 1.25 bits per heavy atom. The number of hydrogen-bond donors (Lipinski definition) is 2. The fraction of sp³-hybridized carbons (Fsp3) is 0.364. The molecule has 2 N–H and O–H groups in total. The molecule has 1 aliphatic rings. The molecule has 0 spiro atoms. The standard InChI is InChI=1S/C11H14N2O3/c1-15-9-4-3-7(5-10(9)16-2)8-6-12-11(14)13-8/h3-5,8H,6H2,1-2H3,(H2,12,13,14). The largest absolute Gasteiger partial charge is 0.493 e. The highest BCUT2D eigenvalue weighted by Crippen LogP contribution is 2.30. The van der Waals surface area contributed by atoms with Crippen molar-refractivity contribution in [2.75, 3.05) is 20.8 Å². The predicted molar refractivity (Wildman–Crippen MR) is 58.8 cm³/mol. The number of carbonyl (C=O) groups excluding carboxylic acids is 1. The zero-order chi connectivity index (χ0) is 11.5. The maximum atomic E-state index is 11.0. The Hall–Kier alpha value is -1.91. The summed E-state index contributed by atoms with van der Waals surface area (Å²) >= 11 is 0. The molecule has 0 saturated carbocycles. The first-order valence-electron chi connectivity index (χ1n) is 5.01. The Morgan fingerprint density at radius 2 is 2.00 bits per heavy atom. The number of methoxy groups -OCH3 is 2. The first kappa shape index (κ1) is 10.6. The molecule has 5 heteroatoms. The molecule has 1 fully saturated rings. The average Bonchev–Trinajstić information content (AvgIpc) is 2.75. The second-order valence-corrected chi connectivity index (χ2v) is 3.52. The van der Waals surface area contributed by atoms with Crippen molar-refractivity contribution < 1.29 is 14.3 Å². The van der Waals surface area contributed by atoms with Gasteiger partial charge >= 0.3 is 6.03 Å². The first-order valence-corrected chi connectivity index (χ1v) is 5.01. The molecule has 0 bridgehead atoms. The van der Waals surface area contributed by atoms with E-state index >= 15 is 0 Å². The quantitative estimate of drug-likeness (QED) is 0.803. The van der Waals surface area contributed by atoms with E-state index in [1.165, 1.54) is 0 Å². The van der Waals surface area contributed by atoms with Crippen molar-refractivity contribution in [3.63, 3.8) is 0 Å². The molecule has 1 atom stereocenters. The van der Waals surface area contributed by atoms with Crippen LogP contribution in [-0.2, 0) is 0 Å². The number of ether oxygens (including phenoxy) is 2. The molecule has 1 saturated heterocycles. The molecule has 5 nitrogen and oxygen atoms in total. The van der Waals surface area contributed by atoms with Crippen molar-refractivity contribution in [1.82, 2.24) is 10.6 Å². The maximum absolute atomic E-state index is 11.0. The summed E-state index contributed by atoms with van der Waals surface area (Å²) < 4.78 is 10.4. The maximum Gasteiger partial charge on any atom is 0.315 e. The van der Waals surface area contributed by atoms with Gasteiger partial charge in [0.05, 0.1) is 20.3 Å². The smallest absolute Gasteiger partial charge is 0.315 e. The lowest BCUT2D eigenvalue weighted by Gasteiger charge is -2.13. The van der Waals surface area contributed by atoms with Crippen LogP contribution in [0.1, 0.15) is 11.6 Å². The van der Waals surface area contributed by atoms with Gasteiger partial charge in [0.2, 0.25) is 0 Å². The van der Waals surface area contributed by atoms with Gasteiger partial charge in [-0.1, -0.05) is 6.07 Å². The molecule has 16 heavy (non-hydrogen) atoms. The highest BCUT2D eigenvalue weighted by atomic mass is 16.5. The number of hydrogen-bond acceptors (Lipinski definition) is 3. The van der Waals surface area contributed by atoms with Gasteiger partial charge in [0, 0.05) is 6.54 Å². The van der Waals surface area contributed by atoms with Gasteiger partial charge in [-0.2, -0.15) is 0 Å². The van der Waals surface area contributed by atoms with Crippen molar-refractivity contribution >= 4 is 6.03 Å². The second-order valence-electron chi connectivity index (χ2n) is 3.52. The fourth-order valence-electron chi connectivity index (χ4n) is 1.73. The molecule has 1 heterocycles. The summed E-state index contributed by atoms with van der Waals surface area (Å²) in [4.78, 5) is 11.0. The second kappa shape index (κ2) is 4.30. The van der Waals surface area contributed by atoms with Crippen LogP contribution in [0.2, 0.25) is 0 Å². The molecular formula is C11H14N2O3. The lowest BCUT2D eigenvalue weighted by molar-refractivity contribution is 0.247. The van der Waals surface area contributed by atoms with E-state index in [0.29, 0.717) is 18.0 Å². The monoisotopic (exact) mass is 222 g/mol. The minimum atomic E-state index is -0.139. The normalized spacial score (nSPS) is 18.9. The molecule has 2 rings (SSSR count). The van der Waals surface area contributed by atoms with E-state index in [0.717, 1.165) is 5.56 Å². The van der Waals surface area contributed by atoms with Crippen LogP contribution in [0.25, 0.3) is 0 Å². The number of urea groups is 1. The third-order valence-electron chi connectivity index (χ3n) is 2.58. The van der Waals surface area contributed by atoms with Gasteiger partial charge in [-0.05, 0) is 17.7 Å². The SMILES string of the molecule is COc1ccc(C2CNC(=O)N2)cc1OC. The highest BCUT2D eigenvalue weighted by Gasteiger charge is 2.22. The Bertz CT molecular complexity index is 406. The van der Waals surface area contributed by atoms with Crippen LogP contribution in [0.15, 0.2) is 18.2 Å². The van der Waals surface area contributed by atoms with Gasteiger partial charge in [-0.25, -0.2) is 4.79 Å². The summed E-state index contributed by atoms with van der Waals surface area (Å²) in [5.74, 6) is 1.35. The molecule has 1 aromatic carbocycles. The van der Waals surface area contributed by atoms with E-state index in [1.54, 1.807) is 14.2 Å². The molecule has 1 aliphatic heterocycles. The van der Waals surface area contributed by atoms with Crippen molar-refractivity contribution in [2.24, 2.45) is 0 Å². The lowest BCUT2D eigenvalue weighted by atomic mass is 10.1. The fourth-order valence-corrected chi connectivity index (χ4v) is 1.73. The summed E-state index contributed by atoms with van der Waals surface area (Å²) in [6, 6.07) is 5.47. The Morgan fingerprint density at radius 3 is 2.56 bits per heavy atom. The van der Waals surface area contributed by atoms with Gasteiger partial charge in [0.25, 0.3) is 0 Å². The van der Waals surface area contributed by atoms with E-state index in [2.05, 4.69) is 10.6 Å². The molecule has 0 radical (unpaired) electrons. The summed E-state index contributed by atoms with van der Waals surface area (Å²) in [7, 11) is 3.18. The highest BCUT2D eigenvalue weighted by molar-refractivity contribution is 5.77. The molecule has 1 aromatic rings. The van der Waals surface area contributed by atoms with E-state index in [9.17, 15) is 4.79 Å². The van der Waals surface area contributed by atoms with Crippen LogP contribution in [0.4, 0.5) is 4.79 Å². The number of benzene rings is 1. The van der Waals surface area contributed by atoms with Crippen LogP contribution >= 0.6 is 0 Å². The Balaban J connectivity index is 2.25. The molecule has 0 aliphatic carbocycles. The summed E-state index contributed by atoms with van der Waals surface area (Å²) in [5.41, 5.74) is 0.996. The number of rotatable bonds is 3. The van der Waals surface area contributed by atoms with Crippen LogP contribution in [0.5, 0.6) is 11.5 Å². The number of carbonyl (C=O) groups is 1. The Kier molecular flexibility index (Phi) is 2.85. The van der Waals surface area contributed by atoms with E-state index in [1.807, 2.05) is 18.2 Å². The average molecular weight is 222 g/mol. The van der Waals surface area contributed by atoms with Crippen molar-refractivity contribution in [2.45, 2.75) is 6.04 Å². The molecule has 0 aromatic heterocycles. The Labute approximate surface area is 93.7 Å². The molecule has 86 valence electrons. The molecular weight excluding hydrogens is 208 g/mol. The third kappa shape index (κ3) is 1.88. The van der Waals surface area contributed by atoms with Gasteiger partial charge < -0.3 is 20.1 Å². The zero-order valence-corrected chi connectivity index (χ0v) is 9.24. The third-order valence-corrected chi connectivity index (χ3v) is 2.58. The predicted octanol–water partition coefficient (Wildman–Crippen LogP) is 1.06. The summed E-state index contributed by atoms with van der Waals surface area (Å²) in [6.45, 7) is 0.592. The van der Waals surface area contributed by atoms with Crippen molar-refractivity contribution in [1.29, 1.82) is 0 Å². The van der Waals surface area contributed by atoms with Crippen molar-refractivity contribution in [3.8, 4) is 11.5 Å².